The van der Waals surface area contributed by atoms with E-state index in [1.165, 1.54) is 0 Å². The lowest BCUT2D eigenvalue weighted by atomic mass is 9.63. The van der Waals surface area contributed by atoms with Crippen LogP contribution in [0, 0.1) is 17.8 Å². The lowest BCUT2D eigenvalue weighted by Gasteiger charge is -2.50. The molecule has 3 heterocycles. The van der Waals surface area contributed by atoms with Crippen molar-refractivity contribution in [2.45, 2.75) is 76.3 Å². The number of fused-ring (bicyclic) bond motifs is 3. The van der Waals surface area contributed by atoms with Crippen molar-refractivity contribution in [1.82, 2.24) is 14.5 Å². The second kappa shape index (κ2) is 17.7. The number of anilines is 1. The van der Waals surface area contributed by atoms with Crippen LogP contribution in [0.4, 0.5) is 5.69 Å². The standard InChI is InChI=1S/C41H57ClN4O7S/c1-29-8-7-16-41(26-39(47)44(3)4,53-23-20-45-18-21-51-22-19-45)36-14-11-33(36)27-46-17-6-5-9-31-24-35(42)13-10-34(31)28-52-38-15-12-32(25-37(38)46)40(48)43-54(49,50)30(29)2/h7,10,12-13,15-16,24-25,29-30,33,36H,5-6,8-9,11,14,17-23,26-28H2,1-4H3,(H,43,48)/b16-7+/t29-,30+,33-,36+,41-/m0/s1. The summed E-state index contributed by atoms with van der Waals surface area (Å²) in [5, 5.41) is -0.165. The zero-order valence-corrected chi connectivity index (χ0v) is 33.8. The van der Waals surface area contributed by atoms with E-state index < -0.39 is 26.8 Å². The van der Waals surface area contributed by atoms with Gasteiger partial charge in [0.05, 0.1) is 42.8 Å². The van der Waals surface area contributed by atoms with Gasteiger partial charge in [-0.25, -0.2) is 13.1 Å². The maximum atomic E-state index is 13.7. The predicted octanol–water partition coefficient (Wildman–Crippen LogP) is 5.70. The molecule has 2 amide bonds. The van der Waals surface area contributed by atoms with Gasteiger partial charge in [0.1, 0.15) is 12.4 Å². The molecule has 1 N–H and O–H groups in total. The van der Waals surface area contributed by atoms with Gasteiger partial charge in [-0.2, -0.15) is 0 Å². The summed E-state index contributed by atoms with van der Waals surface area (Å²) in [6, 6.07) is 11.1. The van der Waals surface area contributed by atoms with Gasteiger partial charge in [-0.1, -0.05) is 36.7 Å². The first-order valence-electron chi connectivity index (χ1n) is 19.5. The highest BCUT2D eigenvalue weighted by atomic mass is 35.5. The Morgan fingerprint density at radius 3 is 2.59 bits per heavy atom. The summed E-state index contributed by atoms with van der Waals surface area (Å²) < 4.78 is 48.7. The molecule has 1 saturated carbocycles. The van der Waals surface area contributed by atoms with Gasteiger partial charge in [-0.3, -0.25) is 14.5 Å². The highest BCUT2D eigenvalue weighted by Crippen LogP contribution is 2.48. The Balaban J connectivity index is 1.40. The number of hydrogen-bond acceptors (Lipinski definition) is 9. The fourth-order valence-electron chi connectivity index (χ4n) is 8.16. The number of amides is 2. The minimum atomic E-state index is -4.03. The molecule has 2 bridgehead atoms. The molecule has 296 valence electrons. The molecule has 1 saturated heterocycles. The molecule has 0 spiro atoms. The average Bonchev–Trinajstić information content (AvgIpc) is 3.16. The van der Waals surface area contributed by atoms with Crippen molar-refractivity contribution < 1.29 is 32.2 Å². The molecular formula is C41H57ClN4O7S. The van der Waals surface area contributed by atoms with Gasteiger partial charge >= 0.3 is 0 Å². The van der Waals surface area contributed by atoms with Gasteiger partial charge in [0.25, 0.3) is 5.91 Å². The van der Waals surface area contributed by atoms with Crippen molar-refractivity contribution in [2.75, 3.05) is 71.5 Å². The van der Waals surface area contributed by atoms with Gasteiger partial charge in [0.15, 0.2) is 0 Å². The largest absolute Gasteiger partial charge is 0.487 e. The van der Waals surface area contributed by atoms with Crippen molar-refractivity contribution in [3.05, 3.63) is 70.3 Å². The van der Waals surface area contributed by atoms with Crippen LogP contribution in [0.15, 0.2) is 48.6 Å². The third kappa shape index (κ3) is 9.61. The number of rotatable bonds is 6. The summed E-state index contributed by atoms with van der Waals surface area (Å²) in [5.41, 5.74) is 2.32. The lowest BCUT2D eigenvalue weighted by molar-refractivity contribution is -0.145. The molecule has 0 radical (unpaired) electrons. The van der Waals surface area contributed by atoms with Gasteiger partial charge < -0.3 is 24.0 Å². The van der Waals surface area contributed by atoms with Crippen LogP contribution < -0.4 is 14.4 Å². The maximum Gasteiger partial charge on any atom is 0.264 e. The second-order valence-electron chi connectivity index (χ2n) is 15.8. The van der Waals surface area contributed by atoms with E-state index in [1.54, 1.807) is 44.1 Å². The summed E-state index contributed by atoms with van der Waals surface area (Å²) in [4.78, 5) is 33.6. The molecule has 5 atom stereocenters. The summed E-state index contributed by atoms with van der Waals surface area (Å²) in [5.74, 6) is -0.161. The lowest BCUT2D eigenvalue weighted by Crippen LogP contribution is -2.54. The van der Waals surface area contributed by atoms with E-state index in [4.69, 9.17) is 25.8 Å². The number of sulfonamides is 1. The van der Waals surface area contributed by atoms with E-state index in [0.717, 1.165) is 68.6 Å². The van der Waals surface area contributed by atoms with Crippen LogP contribution in [-0.4, -0.2) is 108 Å². The van der Waals surface area contributed by atoms with E-state index in [2.05, 4.69) is 20.6 Å². The van der Waals surface area contributed by atoms with Crippen molar-refractivity contribution in [2.24, 2.45) is 17.8 Å². The van der Waals surface area contributed by atoms with E-state index >= 15 is 0 Å². The fraction of sp³-hybridized carbons (Fsp3) is 0.610. The van der Waals surface area contributed by atoms with Crippen molar-refractivity contribution >= 4 is 39.1 Å². The normalized spacial score (nSPS) is 28.5. The third-order valence-electron chi connectivity index (χ3n) is 12.0. The van der Waals surface area contributed by atoms with Crippen LogP contribution in [0.5, 0.6) is 5.75 Å². The van der Waals surface area contributed by atoms with Crippen LogP contribution in [-0.2, 0) is 37.3 Å². The topological polar surface area (TPSA) is 118 Å². The van der Waals surface area contributed by atoms with Gasteiger partial charge in [-0.15, -0.1) is 0 Å². The number of benzene rings is 2. The summed E-state index contributed by atoms with van der Waals surface area (Å²) >= 11 is 6.40. The summed E-state index contributed by atoms with van der Waals surface area (Å²) in [6.45, 7) is 9.44. The van der Waals surface area contributed by atoms with E-state index in [0.29, 0.717) is 56.7 Å². The first-order valence-corrected chi connectivity index (χ1v) is 21.4. The molecule has 54 heavy (non-hydrogen) atoms. The molecule has 2 fully saturated rings. The van der Waals surface area contributed by atoms with Crippen molar-refractivity contribution in [3.8, 4) is 5.75 Å². The molecule has 3 aliphatic heterocycles. The Morgan fingerprint density at radius 1 is 1.06 bits per heavy atom. The minimum Gasteiger partial charge on any atom is -0.487 e. The highest BCUT2D eigenvalue weighted by molar-refractivity contribution is 7.90. The molecule has 13 heteroatoms. The molecule has 4 aliphatic rings. The number of halogens is 1. The number of ether oxygens (including phenoxy) is 3. The van der Waals surface area contributed by atoms with Crippen molar-refractivity contribution in [1.29, 1.82) is 0 Å². The Morgan fingerprint density at radius 2 is 1.85 bits per heavy atom. The van der Waals surface area contributed by atoms with E-state index in [-0.39, 0.29) is 35.6 Å². The second-order valence-corrected chi connectivity index (χ2v) is 18.2. The molecule has 2 aromatic rings. The highest BCUT2D eigenvalue weighted by Gasteiger charge is 2.49. The first-order chi connectivity index (χ1) is 25.8. The number of carbonyl (C=O) groups excluding carboxylic acids is 2. The predicted molar refractivity (Wildman–Crippen MR) is 212 cm³/mol. The van der Waals surface area contributed by atoms with Gasteiger partial charge in [0.2, 0.25) is 15.9 Å². The number of nitrogens with zero attached hydrogens (tertiary/aromatic N) is 3. The van der Waals surface area contributed by atoms with Gasteiger partial charge in [-0.05, 0) is 105 Å². The van der Waals surface area contributed by atoms with Crippen LogP contribution in [0.1, 0.15) is 73.9 Å². The number of aryl methyl sites for hydroxylation is 1. The zero-order valence-electron chi connectivity index (χ0n) is 32.2. The van der Waals surface area contributed by atoms with E-state index in [1.807, 2.05) is 31.2 Å². The number of morpholine rings is 1. The fourth-order valence-corrected chi connectivity index (χ4v) is 9.64. The van der Waals surface area contributed by atoms with Crippen LogP contribution in [0.25, 0.3) is 0 Å². The monoisotopic (exact) mass is 784 g/mol. The Hall–Kier alpha value is -3.16. The van der Waals surface area contributed by atoms with Crippen molar-refractivity contribution in [3.63, 3.8) is 0 Å². The van der Waals surface area contributed by atoms with Gasteiger partial charge in [0, 0.05) is 57.4 Å². The molecule has 1 aliphatic carbocycles. The van der Waals surface area contributed by atoms with Crippen LogP contribution in [0.3, 0.4) is 0 Å². The molecule has 2 aromatic carbocycles. The number of hydrogen-bond donors (Lipinski definition) is 1. The molecular weight excluding hydrogens is 728 g/mol. The number of allylic oxidation sites excluding steroid dienone is 1. The zero-order chi connectivity index (χ0) is 38.5. The smallest absolute Gasteiger partial charge is 0.264 e. The quantitative estimate of drug-likeness (QED) is 0.369. The van der Waals surface area contributed by atoms with E-state index in [9.17, 15) is 18.0 Å². The van der Waals surface area contributed by atoms with Crippen LogP contribution >= 0.6 is 11.6 Å². The SMILES string of the molecule is C[C@@H]1[C@@H](C)C/C=C/[C@@](CC(=O)N(C)C)(OCCN2CCOCC2)[C@@H]2CC[C@H]2CN2CCCCc3cc(Cl)ccc3COc3ccc(cc32)C(=O)NS1(=O)=O. The summed E-state index contributed by atoms with van der Waals surface area (Å²) in [6.07, 6.45) is 9.21. The Bertz CT molecular complexity index is 1780. The average molecular weight is 785 g/mol. The molecule has 0 aromatic heterocycles. The van der Waals surface area contributed by atoms with Crippen LogP contribution in [0.2, 0.25) is 5.02 Å². The maximum absolute atomic E-state index is 13.7. The Kier molecular flexibility index (Phi) is 13.3. The third-order valence-corrected chi connectivity index (χ3v) is 14.1. The minimum absolute atomic E-state index is 0.0175. The number of nitrogens with one attached hydrogen (secondary N) is 1. The first kappa shape index (κ1) is 40.5. The molecule has 11 nitrogen and oxygen atoms in total. The summed E-state index contributed by atoms with van der Waals surface area (Å²) in [7, 11) is -0.473. The molecule has 0 unspecified atom stereocenters. The number of carbonyl (C=O) groups is 2. The molecule has 6 rings (SSSR count). The Labute approximate surface area is 326 Å².